The molecule has 2 nitrogen and oxygen atoms in total. The van der Waals surface area contributed by atoms with E-state index in [1.807, 2.05) is 0 Å². The predicted octanol–water partition coefficient (Wildman–Crippen LogP) is 2.37. The van der Waals surface area contributed by atoms with Gasteiger partial charge in [0.15, 0.2) is 0 Å². The van der Waals surface area contributed by atoms with Gasteiger partial charge >= 0.3 is 0 Å². The Morgan fingerprint density at radius 2 is 1.50 bits per heavy atom. The Balaban J connectivity index is 5.34. The summed E-state index contributed by atoms with van der Waals surface area (Å²) in [5, 5.41) is 2.49. The lowest BCUT2D eigenvalue weighted by Crippen LogP contribution is -2.17. The molecule has 0 rings (SSSR count). The van der Waals surface area contributed by atoms with Crippen molar-refractivity contribution < 1.29 is 4.79 Å². The van der Waals surface area contributed by atoms with E-state index in [1.165, 1.54) is 0 Å². The Labute approximate surface area is 106 Å². The molecule has 0 aliphatic rings. The van der Waals surface area contributed by atoms with Crippen molar-refractivity contribution in [3.05, 3.63) is 82.2 Å². The average molecular weight is 231 g/mol. The van der Waals surface area contributed by atoms with Crippen molar-refractivity contribution in [2.45, 2.75) is 6.92 Å². The quantitative estimate of drug-likeness (QED) is 0.573. The van der Waals surface area contributed by atoms with Crippen molar-refractivity contribution in [2.75, 3.05) is 0 Å². The van der Waals surface area contributed by atoms with E-state index in [-0.39, 0.29) is 5.91 Å². The molecule has 1 amide bonds. The highest BCUT2D eigenvalue weighted by Gasteiger charge is 1.90. The molecule has 0 aromatic rings. The summed E-state index contributed by atoms with van der Waals surface area (Å²) in [6, 6.07) is 0. The van der Waals surface area contributed by atoms with Crippen LogP contribution in [0.5, 0.6) is 0 Å². The zero-order valence-electron chi connectivity index (χ0n) is 9.90. The minimum absolute atomic E-state index is 0.309. The van der Waals surface area contributed by atoms with Crippen molar-refractivity contribution in [2.24, 2.45) is 0 Å². The maximum Gasteiger partial charge on any atom is 0.247 e. The molecular weight excluding hydrogens is 222 g/mol. The van der Waals surface area contributed by atoms with Crippen LogP contribution in [0.1, 0.15) is 6.92 Å². The van der Waals surface area contributed by atoms with Gasteiger partial charge in [-0.3, -0.25) is 4.79 Å². The first-order valence-electron chi connectivity index (χ1n) is 4.75. The van der Waals surface area contributed by atoms with Gasteiger partial charge < -0.3 is 5.32 Å². The normalized spacial score (nSPS) is 5.61. The number of amides is 1. The molecule has 0 saturated carbocycles. The number of allylic oxidation sites excluding steroid dienone is 1. The lowest BCUT2D eigenvalue weighted by molar-refractivity contribution is -0.115. The first-order chi connectivity index (χ1) is 8.70. The van der Waals surface area contributed by atoms with Crippen LogP contribution >= 0.6 is 0 Å². The number of hydrogen-bond acceptors (Lipinski definition) is 1. The Hall–Kier alpha value is -3.25. The summed E-state index contributed by atoms with van der Waals surface area (Å²) >= 11 is 0. The van der Waals surface area contributed by atoms with Crippen LogP contribution in [0.4, 0.5) is 0 Å². The zero-order valence-corrected chi connectivity index (χ0v) is 9.90. The second kappa shape index (κ2) is 10.3. The monoisotopic (exact) mass is 231 g/mol. The van der Waals surface area contributed by atoms with Gasteiger partial charge in [-0.25, -0.2) is 0 Å². The van der Waals surface area contributed by atoms with E-state index in [4.69, 9.17) is 0 Å². The van der Waals surface area contributed by atoms with E-state index in [0.717, 1.165) is 6.08 Å². The average Bonchev–Trinajstić information content (AvgIpc) is 2.36. The van der Waals surface area contributed by atoms with Crippen LogP contribution in [-0.2, 0) is 4.79 Å². The fourth-order valence-corrected chi connectivity index (χ4v) is 0.624. The van der Waals surface area contributed by atoms with E-state index in [2.05, 4.69) is 75.8 Å². The van der Waals surface area contributed by atoms with Gasteiger partial charge in [-0.2, -0.15) is 0 Å². The van der Waals surface area contributed by atoms with E-state index in [1.54, 1.807) is 6.92 Å². The van der Waals surface area contributed by atoms with E-state index < -0.39 is 0 Å². The summed E-state index contributed by atoms with van der Waals surface area (Å²) in [7, 11) is 0. The molecule has 0 atom stereocenters. The van der Waals surface area contributed by atoms with Gasteiger partial charge in [-0.05, 0) is 71.2 Å². The second-order valence-electron chi connectivity index (χ2n) is 2.62. The molecule has 18 heavy (non-hydrogen) atoms. The van der Waals surface area contributed by atoms with Crippen LogP contribution in [0.15, 0.2) is 82.2 Å². The van der Waals surface area contributed by atoms with Crippen LogP contribution in [0, 0.1) is 0 Å². The summed E-state index contributed by atoms with van der Waals surface area (Å²) < 4.78 is 0. The van der Waals surface area contributed by atoms with Gasteiger partial charge in [-0.1, -0.05) is 12.3 Å². The third kappa shape index (κ3) is 9.31. The number of carbonyl (C=O) groups excluding carboxylic acids is 1. The third-order valence-corrected chi connectivity index (χ3v) is 1.27. The standard InChI is InChI=1S/C16H9NO/c1-4-6-7-8-9-10-11-12-13-14-15(3)17-16(18)5-2/h5H,1-2H2,3H3,(H,17,18). The van der Waals surface area contributed by atoms with Gasteiger partial charge in [-0.15, -0.1) is 0 Å². The molecule has 0 spiro atoms. The van der Waals surface area contributed by atoms with Gasteiger partial charge in [0, 0.05) is 0 Å². The van der Waals surface area contributed by atoms with Crippen LogP contribution in [0.2, 0.25) is 0 Å². The minimum atomic E-state index is -0.309. The molecule has 0 aromatic carbocycles. The summed E-state index contributed by atoms with van der Waals surface area (Å²) in [6.07, 6.45) is 1.16. The fraction of sp³-hybridized carbons (Fsp3) is 0.0625. The van der Waals surface area contributed by atoms with Crippen LogP contribution in [0.3, 0.4) is 0 Å². The molecule has 0 aliphatic carbocycles. The second-order valence-corrected chi connectivity index (χ2v) is 2.62. The van der Waals surface area contributed by atoms with E-state index in [0.29, 0.717) is 5.70 Å². The van der Waals surface area contributed by atoms with Gasteiger partial charge in [0.2, 0.25) is 5.91 Å². The molecule has 0 bridgehead atoms. The lowest BCUT2D eigenvalue weighted by Gasteiger charge is -1.94. The lowest BCUT2D eigenvalue weighted by atomic mass is 10.4. The van der Waals surface area contributed by atoms with E-state index in [9.17, 15) is 4.79 Å². The number of rotatable bonds is 2. The largest absolute Gasteiger partial charge is 0.319 e. The maximum absolute atomic E-state index is 10.9. The first kappa shape index (κ1) is 14.8. The minimum Gasteiger partial charge on any atom is -0.319 e. The Morgan fingerprint density at radius 3 is 2.00 bits per heavy atom. The Morgan fingerprint density at radius 1 is 1.00 bits per heavy atom. The fourth-order valence-electron chi connectivity index (χ4n) is 0.624. The Kier molecular flexibility index (Phi) is 8.42. The highest BCUT2D eigenvalue weighted by molar-refractivity contribution is 5.88. The molecule has 0 heterocycles. The highest BCUT2D eigenvalue weighted by Crippen LogP contribution is 1.80. The molecule has 0 saturated heterocycles. The SMILES string of the molecule is C=C=C=C=C=C=C=C=C=C=C=C(C)NC(=O)C=C. The van der Waals surface area contributed by atoms with E-state index >= 15 is 0 Å². The molecular formula is C16H9NO. The summed E-state index contributed by atoms with van der Waals surface area (Å²) in [5.74, 6) is -0.309. The number of carbonyl (C=O) groups is 1. The molecule has 0 aliphatic heterocycles. The van der Waals surface area contributed by atoms with Crippen molar-refractivity contribution in [3.8, 4) is 0 Å². The van der Waals surface area contributed by atoms with Crippen LogP contribution in [0.25, 0.3) is 0 Å². The summed E-state index contributed by atoms with van der Waals surface area (Å²) in [5.41, 5.74) is 25.3. The van der Waals surface area contributed by atoms with Gasteiger partial charge in [0.05, 0.1) is 5.70 Å². The zero-order chi connectivity index (χ0) is 13.6. The van der Waals surface area contributed by atoms with Crippen LogP contribution < -0.4 is 5.32 Å². The maximum atomic E-state index is 10.9. The van der Waals surface area contributed by atoms with Crippen molar-refractivity contribution >= 4 is 5.91 Å². The van der Waals surface area contributed by atoms with Gasteiger partial charge in [0.1, 0.15) is 0 Å². The topological polar surface area (TPSA) is 29.1 Å². The summed E-state index contributed by atoms with van der Waals surface area (Å²) in [6.45, 7) is 8.27. The molecule has 0 unspecified atom stereocenters. The molecule has 0 radical (unpaired) electrons. The highest BCUT2D eigenvalue weighted by atomic mass is 16.1. The summed E-state index contributed by atoms with van der Waals surface area (Å²) in [4.78, 5) is 10.9. The van der Waals surface area contributed by atoms with Crippen LogP contribution in [-0.4, -0.2) is 5.91 Å². The molecule has 0 fully saturated rings. The Bertz CT molecular complexity index is 719. The van der Waals surface area contributed by atoms with Crippen molar-refractivity contribution in [3.63, 3.8) is 0 Å². The van der Waals surface area contributed by atoms with Crippen molar-refractivity contribution in [1.29, 1.82) is 0 Å². The molecule has 2 heteroatoms. The molecule has 1 N–H and O–H groups in total. The number of nitrogens with one attached hydrogen (secondary N) is 1. The molecule has 84 valence electrons. The smallest absolute Gasteiger partial charge is 0.247 e. The van der Waals surface area contributed by atoms with Crippen molar-refractivity contribution in [1.82, 2.24) is 5.32 Å². The predicted molar refractivity (Wildman–Crippen MR) is 68.3 cm³/mol. The first-order valence-corrected chi connectivity index (χ1v) is 4.75. The van der Waals surface area contributed by atoms with Gasteiger partial charge in [0.25, 0.3) is 0 Å². The third-order valence-electron chi connectivity index (χ3n) is 1.27. The number of hydrogen-bond donors (Lipinski definition) is 1. The molecule has 0 aromatic heterocycles.